The second-order valence-corrected chi connectivity index (χ2v) is 2.60. The van der Waals surface area contributed by atoms with Gasteiger partial charge in [-0.2, -0.15) is 0 Å². The topological polar surface area (TPSA) is 90.2 Å². The highest BCUT2D eigenvalue weighted by molar-refractivity contribution is 4.85. The smallest absolute Gasteiger partial charge is 0.111 e. The molecule has 0 aromatic heterocycles. The molecule has 4 N–H and O–H groups in total. The highest BCUT2D eigenvalue weighted by atomic mass is 16.5. The van der Waals surface area contributed by atoms with Gasteiger partial charge in [0.25, 0.3) is 0 Å². The van der Waals surface area contributed by atoms with Crippen LogP contribution in [-0.2, 0) is 4.74 Å². The zero-order chi connectivity index (χ0) is 8.43. The predicted octanol–water partition coefficient (Wildman–Crippen LogP) is -2.54. The van der Waals surface area contributed by atoms with Gasteiger partial charge >= 0.3 is 0 Å². The third kappa shape index (κ3) is 1.69. The maximum Gasteiger partial charge on any atom is 0.111 e. The minimum atomic E-state index is -1.22. The number of rotatable bonds is 1. The van der Waals surface area contributed by atoms with Crippen molar-refractivity contribution in [3.05, 3.63) is 0 Å². The van der Waals surface area contributed by atoms with E-state index in [9.17, 15) is 0 Å². The molecule has 0 amide bonds. The van der Waals surface area contributed by atoms with Crippen LogP contribution >= 0.6 is 0 Å². The Balaban J connectivity index is 2.52. The Bertz CT molecular complexity index is 126. The van der Waals surface area contributed by atoms with E-state index in [2.05, 4.69) is 0 Å². The summed E-state index contributed by atoms with van der Waals surface area (Å²) in [5.74, 6) is 0. The second-order valence-electron chi connectivity index (χ2n) is 2.60. The van der Waals surface area contributed by atoms with Crippen molar-refractivity contribution in [2.24, 2.45) is 0 Å². The summed E-state index contributed by atoms with van der Waals surface area (Å²) in [4.78, 5) is 0. The number of aliphatic hydroxyl groups is 4. The molecule has 1 aliphatic rings. The zero-order valence-corrected chi connectivity index (χ0v) is 5.92. The van der Waals surface area contributed by atoms with Gasteiger partial charge in [-0.15, -0.1) is 0 Å². The van der Waals surface area contributed by atoms with Crippen LogP contribution in [0.15, 0.2) is 0 Å². The van der Waals surface area contributed by atoms with Crippen molar-refractivity contribution >= 4 is 0 Å². The van der Waals surface area contributed by atoms with E-state index in [0.29, 0.717) is 0 Å². The molecule has 1 rings (SSSR count). The Morgan fingerprint density at radius 1 is 1.18 bits per heavy atom. The van der Waals surface area contributed by atoms with E-state index >= 15 is 0 Å². The molecule has 0 spiro atoms. The molecule has 0 saturated carbocycles. The van der Waals surface area contributed by atoms with Crippen molar-refractivity contribution in [2.75, 3.05) is 13.2 Å². The van der Waals surface area contributed by atoms with Crippen molar-refractivity contribution in [3.63, 3.8) is 0 Å². The molecule has 1 aliphatic heterocycles. The molecular weight excluding hydrogens is 152 g/mol. The Morgan fingerprint density at radius 2 is 1.82 bits per heavy atom. The van der Waals surface area contributed by atoms with Crippen molar-refractivity contribution < 1.29 is 25.2 Å². The maximum absolute atomic E-state index is 9.11. The van der Waals surface area contributed by atoms with Crippen molar-refractivity contribution in [3.8, 4) is 0 Å². The summed E-state index contributed by atoms with van der Waals surface area (Å²) in [6.07, 6.45) is -4.27. The first-order chi connectivity index (χ1) is 5.16. The van der Waals surface area contributed by atoms with Gasteiger partial charge in [-0.3, -0.25) is 0 Å². The Hall–Kier alpha value is -0.200. The number of aliphatic hydroxyl groups excluding tert-OH is 4. The van der Waals surface area contributed by atoms with Gasteiger partial charge in [-0.05, 0) is 0 Å². The summed E-state index contributed by atoms with van der Waals surface area (Å²) in [6.45, 7) is -0.408. The third-order valence-corrected chi connectivity index (χ3v) is 1.79. The summed E-state index contributed by atoms with van der Waals surface area (Å²) in [5, 5.41) is 35.7. The van der Waals surface area contributed by atoms with Crippen LogP contribution in [-0.4, -0.2) is 58.1 Å². The highest BCUT2D eigenvalue weighted by Crippen LogP contribution is 2.14. The van der Waals surface area contributed by atoms with Crippen LogP contribution in [0.2, 0.25) is 0 Å². The lowest BCUT2D eigenvalue weighted by Crippen LogP contribution is -2.53. The SMILES string of the molecule is OC[C@H]1OC[C@H](O)[C@@H](O)[C@H]1O. The molecule has 0 bridgehead atoms. The lowest BCUT2D eigenvalue weighted by Gasteiger charge is -2.34. The first-order valence-corrected chi connectivity index (χ1v) is 3.43. The Labute approximate surface area is 63.8 Å². The lowest BCUT2D eigenvalue weighted by molar-refractivity contribution is -0.195. The summed E-state index contributed by atoms with van der Waals surface area (Å²) < 4.78 is 4.81. The Morgan fingerprint density at radius 3 is 2.36 bits per heavy atom. The molecule has 5 nitrogen and oxygen atoms in total. The molecule has 1 heterocycles. The van der Waals surface area contributed by atoms with Gasteiger partial charge in [-0.1, -0.05) is 0 Å². The van der Waals surface area contributed by atoms with Crippen molar-refractivity contribution in [2.45, 2.75) is 24.4 Å². The van der Waals surface area contributed by atoms with Crippen LogP contribution in [0, 0.1) is 0 Å². The molecule has 0 aromatic rings. The largest absolute Gasteiger partial charge is 0.394 e. The van der Waals surface area contributed by atoms with E-state index in [1.165, 1.54) is 0 Å². The first-order valence-electron chi connectivity index (χ1n) is 3.43. The molecule has 1 fully saturated rings. The molecule has 5 heteroatoms. The van der Waals surface area contributed by atoms with E-state index in [1.807, 2.05) is 0 Å². The number of ether oxygens (including phenoxy) is 1. The summed E-state index contributed by atoms with van der Waals surface area (Å²) >= 11 is 0. The van der Waals surface area contributed by atoms with Crippen LogP contribution in [0.4, 0.5) is 0 Å². The summed E-state index contributed by atoms with van der Waals surface area (Å²) in [5.41, 5.74) is 0. The molecular formula is C6H12O5. The molecule has 66 valence electrons. The van der Waals surface area contributed by atoms with Gasteiger partial charge in [0.15, 0.2) is 0 Å². The molecule has 0 radical (unpaired) electrons. The van der Waals surface area contributed by atoms with E-state index in [4.69, 9.17) is 25.2 Å². The fourth-order valence-electron chi connectivity index (χ4n) is 1.03. The highest BCUT2D eigenvalue weighted by Gasteiger charge is 2.36. The number of hydrogen-bond donors (Lipinski definition) is 4. The lowest BCUT2D eigenvalue weighted by atomic mass is 10.0. The second kappa shape index (κ2) is 3.46. The average Bonchev–Trinajstić information content (AvgIpc) is 2.01. The molecule has 0 aliphatic carbocycles. The van der Waals surface area contributed by atoms with Gasteiger partial charge in [0, 0.05) is 0 Å². The van der Waals surface area contributed by atoms with Gasteiger partial charge in [-0.25, -0.2) is 0 Å². The van der Waals surface area contributed by atoms with E-state index in [1.54, 1.807) is 0 Å². The van der Waals surface area contributed by atoms with E-state index in [0.717, 1.165) is 0 Å². The monoisotopic (exact) mass is 164 g/mol. The van der Waals surface area contributed by atoms with Gasteiger partial charge in [0.1, 0.15) is 24.4 Å². The third-order valence-electron chi connectivity index (χ3n) is 1.79. The summed E-state index contributed by atoms with van der Waals surface area (Å²) in [7, 11) is 0. The van der Waals surface area contributed by atoms with Crippen LogP contribution in [0.25, 0.3) is 0 Å². The van der Waals surface area contributed by atoms with E-state index < -0.39 is 24.4 Å². The summed E-state index contributed by atoms with van der Waals surface area (Å²) in [6, 6.07) is 0. The van der Waals surface area contributed by atoms with Gasteiger partial charge in [0.05, 0.1) is 13.2 Å². The van der Waals surface area contributed by atoms with Crippen LogP contribution in [0.3, 0.4) is 0 Å². The minimum Gasteiger partial charge on any atom is -0.394 e. The van der Waals surface area contributed by atoms with E-state index in [-0.39, 0.29) is 13.2 Å². The molecule has 4 atom stereocenters. The van der Waals surface area contributed by atoms with Crippen LogP contribution < -0.4 is 0 Å². The fraction of sp³-hybridized carbons (Fsp3) is 1.00. The standard InChI is InChI=1S/C6H12O5/c7-1-4-6(10)5(9)3(8)2-11-4/h3-10H,1-2H2/t3-,4+,5+,6-/m0/s1. The quantitative estimate of drug-likeness (QED) is 0.343. The van der Waals surface area contributed by atoms with Gasteiger partial charge < -0.3 is 25.2 Å². The zero-order valence-electron chi connectivity index (χ0n) is 5.92. The Kier molecular flexibility index (Phi) is 2.80. The maximum atomic E-state index is 9.11. The first kappa shape index (κ1) is 8.89. The van der Waals surface area contributed by atoms with Crippen LogP contribution in [0.5, 0.6) is 0 Å². The molecule has 1 saturated heterocycles. The minimum absolute atomic E-state index is 0.0521. The molecule has 0 unspecified atom stereocenters. The van der Waals surface area contributed by atoms with Crippen molar-refractivity contribution in [1.29, 1.82) is 0 Å². The van der Waals surface area contributed by atoms with Crippen molar-refractivity contribution in [1.82, 2.24) is 0 Å². The normalized spacial score (nSPS) is 45.8. The predicted molar refractivity (Wildman–Crippen MR) is 34.8 cm³/mol. The fourth-order valence-corrected chi connectivity index (χ4v) is 1.03. The molecule has 11 heavy (non-hydrogen) atoms. The average molecular weight is 164 g/mol. The van der Waals surface area contributed by atoms with Gasteiger partial charge in [0.2, 0.25) is 0 Å². The number of hydrogen-bond acceptors (Lipinski definition) is 5. The molecule has 0 aromatic carbocycles. The van der Waals surface area contributed by atoms with Crippen LogP contribution in [0.1, 0.15) is 0 Å².